The minimum absolute atomic E-state index is 0.294. The van der Waals surface area contributed by atoms with Gasteiger partial charge < -0.3 is 9.84 Å². The van der Waals surface area contributed by atoms with Crippen LogP contribution in [0.25, 0.3) is 0 Å². The summed E-state index contributed by atoms with van der Waals surface area (Å²) in [5.74, 6) is 0. The number of rotatable bonds is 4. The van der Waals surface area contributed by atoms with Gasteiger partial charge in [0.05, 0.1) is 11.7 Å². The maximum atomic E-state index is 10.1. The normalized spacial score (nSPS) is 28.1. The Balaban J connectivity index is 1.84. The van der Waals surface area contributed by atoms with Crippen molar-refractivity contribution < 1.29 is 9.84 Å². The van der Waals surface area contributed by atoms with Gasteiger partial charge in [0, 0.05) is 11.5 Å². The zero-order valence-electron chi connectivity index (χ0n) is 9.11. The summed E-state index contributed by atoms with van der Waals surface area (Å²) >= 11 is 1.75. The Morgan fingerprint density at radius 3 is 3.13 bits per heavy atom. The first-order valence-electron chi connectivity index (χ1n) is 5.55. The Bertz CT molecular complexity index is 289. The van der Waals surface area contributed by atoms with Gasteiger partial charge in [0.15, 0.2) is 0 Å². The molecule has 2 atom stereocenters. The lowest BCUT2D eigenvalue weighted by Crippen LogP contribution is -2.38. The van der Waals surface area contributed by atoms with Gasteiger partial charge in [-0.25, -0.2) is 0 Å². The lowest BCUT2D eigenvalue weighted by molar-refractivity contribution is -0.0800. The average Bonchev–Trinajstić information content (AvgIpc) is 2.85. The third-order valence-electron chi connectivity index (χ3n) is 3.20. The summed E-state index contributed by atoms with van der Waals surface area (Å²) in [6.45, 7) is 2.83. The molecule has 0 spiro atoms. The van der Waals surface area contributed by atoms with E-state index in [0.29, 0.717) is 0 Å². The second-order valence-corrected chi connectivity index (χ2v) is 5.43. The molecule has 0 amide bonds. The molecule has 1 saturated heterocycles. The number of thiophene rings is 1. The number of hydrogen-bond acceptors (Lipinski definition) is 3. The predicted molar refractivity (Wildman–Crippen MR) is 62.2 cm³/mol. The van der Waals surface area contributed by atoms with E-state index in [4.69, 9.17) is 4.74 Å². The molecule has 2 heterocycles. The summed E-state index contributed by atoms with van der Waals surface area (Å²) in [5, 5.41) is 12.2. The molecular weight excluding hydrogens is 208 g/mol. The van der Waals surface area contributed by atoms with E-state index in [1.165, 1.54) is 4.88 Å². The van der Waals surface area contributed by atoms with Crippen molar-refractivity contribution in [3.8, 4) is 0 Å². The van der Waals surface area contributed by atoms with Crippen LogP contribution in [0.5, 0.6) is 0 Å². The Hall–Kier alpha value is -0.380. The van der Waals surface area contributed by atoms with Crippen LogP contribution in [0.3, 0.4) is 0 Å². The van der Waals surface area contributed by atoms with E-state index >= 15 is 0 Å². The minimum Gasteiger partial charge on any atom is -0.390 e. The van der Waals surface area contributed by atoms with Gasteiger partial charge in [0.1, 0.15) is 0 Å². The quantitative estimate of drug-likeness (QED) is 0.855. The topological polar surface area (TPSA) is 29.5 Å². The highest BCUT2D eigenvalue weighted by Gasteiger charge is 2.36. The summed E-state index contributed by atoms with van der Waals surface area (Å²) in [5.41, 5.74) is -0.294. The Kier molecular flexibility index (Phi) is 3.44. The van der Waals surface area contributed by atoms with Crippen LogP contribution in [-0.4, -0.2) is 23.4 Å². The van der Waals surface area contributed by atoms with Crippen LogP contribution in [0.4, 0.5) is 0 Å². The molecule has 1 N–H and O–H groups in total. The van der Waals surface area contributed by atoms with Crippen LogP contribution >= 0.6 is 11.3 Å². The van der Waals surface area contributed by atoms with Gasteiger partial charge in [-0.15, -0.1) is 11.3 Å². The summed E-state index contributed by atoms with van der Waals surface area (Å²) < 4.78 is 5.63. The second kappa shape index (κ2) is 4.64. The maximum absolute atomic E-state index is 10.1. The van der Waals surface area contributed by atoms with Gasteiger partial charge in [-0.2, -0.15) is 0 Å². The van der Waals surface area contributed by atoms with Crippen molar-refractivity contribution in [1.29, 1.82) is 0 Å². The Morgan fingerprint density at radius 1 is 1.67 bits per heavy atom. The third kappa shape index (κ3) is 2.60. The molecule has 0 radical (unpaired) electrons. The fraction of sp³-hybridized carbons (Fsp3) is 0.667. The van der Waals surface area contributed by atoms with E-state index < -0.39 is 0 Å². The first-order chi connectivity index (χ1) is 7.21. The zero-order valence-corrected chi connectivity index (χ0v) is 9.93. The summed E-state index contributed by atoms with van der Waals surface area (Å²) in [4.78, 5) is 1.34. The van der Waals surface area contributed by atoms with Crippen LogP contribution in [0.15, 0.2) is 17.5 Å². The summed E-state index contributed by atoms with van der Waals surface area (Å²) in [6.07, 6.45) is 3.49. The molecule has 2 rings (SSSR count). The number of ether oxygens (including phenoxy) is 1. The van der Waals surface area contributed by atoms with E-state index in [9.17, 15) is 5.11 Å². The van der Waals surface area contributed by atoms with E-state index in [-0.39, 0.29) is 11.7 Å². The molecule has 1 aliphatic rings. The lowest BCUT2D eigenvalue weighted by Gasteiger charge is -2.29. The van der Waals surface area contributed by atoms with Crippen molar-refractivity contribution >= 4 is 11.3 Å². The zero-order chi connectivity index (χ0) is 10.7. The molecule has 1 aliphatic heterocycles. The molecule has 1 fully saturated rings. The summed E-state index contributed by atoms with van der Waals surface area (Å²) in [7, 11) is 0. The van der Waals surface area contributed by atoms with Crippen molar-refractivity contribution in [2.24, 2.45) is 0 Å². The Labute approximate surface area is 94.9 Å². The van der Waals surface area contributed by atoms with Crippen molar-refractivity contribution in [2.45, 2.75) is 44.3 Å². The molecule has 0 aliphatic carbocycles. The van der Waals surface area contributed by atoms with E-state index in [0.717, 1.165) is 32.3 Å². The van der Waals surface area contributed by atoms with E-state index in [2.05, 4.69) is 17.5 Å². The van der Waals surface area contributed by atoms with E-state index in [1.807, 2.05) is 6.92 Å². The highest BCUT2D eigenvalue weighted by molar-refractivity contribution is 7.09. The number of aryl methyl sites for hydroxylation is 1. The van der Waals surface area contributed by atoms with Gasteiger partial charge in [-0.1, -0.05) is 6.07 Å². The van der Waals surface area contributed by atoms with Gasteiger partial charge in [0.25, 0.3) is 0 Å². The molecule has 0 bridgehead atoms. The molecule has 0 saturated carbocycles. The van der Waals surface area contributed by atoms with Gasteiger partial charge in [0.2, 0.25) is 0 Å². The fourth-order valence-electron chi connectivity index (χ4n) is 2.10. The average molecular weight is 226 g/mol. The third-order valence-corrected chi connectivity index (χ3v) is 4.13. The first-order valence-corrected chi connectivity index (χ1v) is 6.43. The SMILES string of the molecule is CC1(C(O)CCc2cccs2)CCCO1. The molecule has 0 aromatic carbocycles. The maximum Gasteiger partial charge on any atom is 0.0913 e. The van der Waals surface area contributed by atoms with Crippen molar-refractivity contribution in [3.63, 3.8) is 0 Å². The van der Waals surface area contributed by atoms with Gasteiger partial charge in [-0.05, 0) is 44.1 Å². The van der Waals surface area contributed by atoms with Crippen molar-refractivity contribution in [2.75, 3.05) is 6.61 Å². The molecule has 15 heavy (non-hydrogen) atoms. The van der Waals surface area contributed by atoms with Crippen molar-refractivity contribution in [1.82, 2.24) is 0 Å². The highest BCUT2D eigenvalue weighted by Crippen LogP contribution is 2.30. The first kappa shape index (κ1) is 11.1. The van der Waals surface area contributed by atoms with Gasteiger partial charge in [-0.3, -0.25) is 0 Å². The van der Waals surface area contributed by atoms with Crippen LogP contribution in [0, 0.1) is 0 Å². The molecule has 3 heteroatoms. The molecule has 2 unspecified atom stereocenters. The highest BCUT2D eigenvalue weighted by atomic mass is 32.1. The lowest BCUT2D eigenvalue weighted by atomic mass is 9.92. The van der Waals surface area contributed by atoms with Crippen molar-refractivity contribution in [3.05, 3.63) is 22.4 Å². The summed E-state index contributed by atoms with van der Waals surface area (Å²) in [6, 6.07) is 4.18. The number of aliphatic hydroxyl groups excluding tert-OH is 1. The number of aliphatic hydroxyl groups is 1. The fourth-order valence-corrected chi connectivity index (χ4v) is 2.83. The van der Waals surface area contributed by atoms with Crippen LogP contribution < -0.4 is 0 Å². The van der Waals surface area contributed by atoms with Crippen LogP contribution in [-0.2, 0) is 11.2 Å². The smallest absolute Gasteiger partial charge is 0.0913 e. The second-order valence-electron chi connectivity index (χ2n) is 4.40. The molecule has 84 valence electrons. The molecule has 2 nitrogen and oxygen atoms in total. The standard InChI is InChI=1S/C12H18O2S/c1-12(7-3-8-14-12)11(13)6-5-10-4-2-9-15-10/h2,4,9,11,13H,3,5-8H2,1H3. The van der Waals surface area contributed by atoms with Crippen LogP contribution in [0.1, 0.15) is 31.1 Å². The number of hydrogen-bond donors (Lipinski definition) is 1. The van der Waals surface area contributed by atoms with Crippen LogP contribution in [0.2, 0.25) is 0 Å². The Morgan fingerprint density at radius 2 is 2.53 bits per heavy atom. The monoisotopic (exact) mass is 226 g/mol. The minimum atomic E-state index is -0.331. The largest absolute Gasteiger partial charge is 0.390 e. The molecule has 1 aromatic heterocycles. The van der Waals surface area contributed by atoms with E-state index in [1.54, 1.807) is 11.3 Å². The molecule has 1 aromatic rings. The predicted octanol–water partition coefficient (Wildman–Crippen LogP) is 2.61. The molecular formula is C12H18O2S. The van der Waals surface area contributed by atoms with Gasteiger partial charge >= 0.3 is 0 Å².